The number of benzene rings is 1. The molecule has 0 N–H and O–H groups in total. The molecule has 0 heterocycles. The lowest BCUT2D eigenvalue weighted by Gasteiger charge is -2.13. The van der Waals surface area contributed by atoms with Crippen LogP contribution in [0.5, 0.6) is 5.75 Å². The van der Waals surface area contributed by atoms with Gasteiger partial charge in [-0.1, -0.05) is 0 Å². The molecule has 0 amide bonds. The van der Waals surface area contributed by atoms with E-state index >= 15 is 0 Å². The van der Waals surface area contributed by atoms with Crippen LogP contribution in [0.4, 0.5) is 8.78 Å². The van der Waals surface area contributed by atoms with Gasteiger partial charge in [0.05, 0.1) is 20.8 Å². The van der Waals surface area contributed by atoms with E-state index in [1.165, 1.54) is 7.11 Å². The summed E-state index contributed by atoms with van der Waals surface area (Å²) in [5.74, 6) is -5.77. The summed E-state index contributed by atoms with van der Waals surface area (Å²) in [6.07, 6.45) is 0.886. The van der Waals surface area contributed by atoms with E-state index in [0.717, 1.165) is 25.5 Å². The minimum absolute atomic E-state index is 0.0896. The van der Waals surface area contributed by atoms with Crippen LogP contribution in [0.25, 0.3) is 0 Å². The summed E-state index contributed by atoms with van der Waals surface area (Å²) >= 11 is 0. The van der Waals surface area contributed by atoms with E-state index in [1.807, 2.05) is 0 Å². The maximum Gasteiger partial charge on any atom is 0.377 e. The predicted molar refractivity (Wildman–Crippen MR) is 80.9 cm³/mol. The molecule has 0 aliphatic heterocycles. The van der Waals surface area contributed by atoms with Crippen molar-refractivity contribution in [3.63, 3.8) is 0 Å². The summed E-state index contributed by atoms with van der Waals surface area (Å²) in [5.41, 5.74) is -0.803. The van der Waals surface area contributed by atoms with E-state index in [0.29, 0.717) is 6.61 Å². The molecule has 1 aromatic carbocycles. The molecule has 7 nitrogen and oxygen atoms in total. The first-order valence-electron chi connectivity index (χ1n) is 7.18. The largest absolute Gasteiger partial charge is 0.500 e. The van der Waals surface area contributed by atoms with Gasteiger partial charge in [-0.25, -0.2) is 18.4 Å². The van der Waals surface area contributed by atoms with E-state index in [9.17, 15) is 18.4 Å². The van der Waals surface area contributed by atoms with Crippen LogP contribution in [-0.4, -0.2) is 46.0 Å². The normalized spacial score (nSPS) is 11.0. The van der Waals surface area contributed by atoms with Gasteiger partial charge in [0.25, 0.3) is 0 Å². The van der Waals surface area contributed by atoms with Crippen molar-refractivity contribution in [2.24, 2.45) is 0 Å². The summed E-state index contributed by atoms with van der Waals surface area (Å²) in [6.45, 7) is 2.08. The maximum absolute atomic E-state index is 14.1. The van der Waals surface area contributed by atoms with E-state index in [4.69, 9.17) is 14.2 Å². The number of esters is 2. The molecule has 1 aromatic rings. The van der Waals surface area contributed by atoms with Crippen molar-refractivity contribution < 1.29 is 42.1 Å². The van der Waals surface area contributed by atoms with Crippen LogP contribution in [-0.2, 0) is 23.7 Å². The Balaban J connectivity index is 3.11. The number of carbonyl (C=O) groups excluding carboxylic acids is 2. The lowest BCUT2D eigenvalue weighted by Crippen LogP contribution is -2.17. The minimum Gasteiger partial charge on any atom is -0.500 e. The third kappa shape index (κ3) is 5.71. The quantitative estimate of drug-likeness (QED) is 0.289. The van der Waals surface area contributed by atoms with Crippen LogP contribution < -0.4 is 4.74 Å². The SMILES string of the molecule is CCOCCOC(=O)c1c(O/C(=C/OC)C(=O)OC)ccc(F)c1F. The molecule has 9 heteroatoms. The van der Waals surface area contributed by atoms with Crippen molar-refractivity contribution in [3.05, 3.63) is 41.4 Å². The molecule has 0 fully saturated rings. The average molecular weight is 360 g/mol. The van der Waals surface area contributed by atoms with Crippen molar-refractivity contribution >= 4 is 11.9 Å². The summed E-state index contributed by atoms with van der Waals surface area (Å²) in [7, 11) is 2.32. The Kier molecular flexibility index (Phi) is 8.34. The van der Waals surface area contributed by atoms with Crippen LogP contribution in [0.2, 0.25) is 0 Å². The van der Waals surface area contributed by atoms with Crippen molar-refractivity contribution in [3.8, 4) is 5.75 Å². The van der Waals surface area contributed by atoms with Gasteiger partial charge in [0.2, 0.25) is 5.76 Å². The van der Waals surface area contributed by atoms with Crippen LogP contribution in [0.3, 0.4) is 0 Å². The molecule has 0 saturated heterocycles. The van der Waals surface area contributed by atoms with Gasteiger partial charge in [-0.05, 0) is 19.1 Å². The van der Waals surface area contributed by atoms with Gasteiger partial charge in [-0.2, -0.15) is 0 Å². The number of hydrogen-bond donors (Lipinski definition) is 0. The van der Waals surface area contributed by atoms with Gasteiger partial charge in [0.1, 0.15) is 24.2 Å². The second kappa shape index (κ2) is 10.2. The third-order valence-corrected chi connectivity index (χ3v) is 2.76. The second-order valence-electron chi connectivity index (χ2n) is 4.38. The first-order valence-corrected chi connectivity index (χ1v) is 7.18. The molecule has 0 aromatic heterocycles. The molecule has 25 heavy (non-hydrogen) atoms. The molecule has 0 aliphatic rings. The van der Waals surface area contributed by atoms with Gasteiger partial charge in [0.15, 0.2) is 11.6 Å². The predicted octanol–water partition coefficient (Wildman–Crippen LogP) is 2.20. The molecule has 1 rings (SSSR count). The highest BCUT2D eigenvalue weighted by Crippen LogP contribution is 2.27. The second-order valence-corrected chi connectivity index (χ2v) is 4.38. The number of rotatable bonds is 9. The van der Waals surface area contributed by atoms with Gasteiger partial charge in [-0.15, -0.1) is 0 Å². The van der Waals surface area contributed by atoms with Crippen LogP contribution in [0, 0.1) is 11.6 Å². The van der Waals surface area contributed by atoms with Crippen LogP contribution in [0.1, 0.15) is 17.3 Å². The highest BCUT2D eigenvalue weighted by molar-refractivity contribution is 5.93. The highest BCUT2D eigenvalue weighted by Gasteiger charge is 2.25. The minimum atomic E-state index is -1.47. The molecule has 0 atom stereocenters. The number of hydrogen-bond acceptors (Lipinski definition) is 7. The number of halogens is 2. The Bertz CT molecular complexity index is 644. The van der Waals surface area contributed by atoms with Gasteiger partial charge < -0.3 is 23.7 Å². The molecule has 0 aliphatic carbocycles. The van der Waals surface area contributed by atoms with Crippen molar-refractivity contribution in [1.82, 2.24) is 0 Å². The zero-order valence-electron chi connectivity index (χ0n) is 14.0. The first-order chi connectivity index (χ1) is 12.0. The number of carbonyl (C=O) groups is 2. The fourth-order valence-electron chi connectivity index (χ4n) is 1.66. The van der Waals surface area contributed by atoms with E-state index in [2.05, 4.69) is 9.47 Å². The highest BCUT2D eigenvalue weighted by atomic mass is 19.2. The molecule has 0 radical (unpaired) electrons. The van der Waals surface area contributed by atoms with Gasteiger partial charge in [0, 0.05) is 6.61 Å². The van der Waals surface area contributed by atoms with Crippen LogP contribution >= 0.6 is 0 Å². The van der Waals surface area contributed by atoms with Gasteiger partial charge in [-0.3, -0.25) is 0 Å². The molecule has 0 saturated carbocycles. The van der Waals surface area contributed by atoms with Crippen molar-refractivity contribution in [2.75, 3.05) is 34.0 Å². The smallest absolute Gasteiger partial charge is 0.377 e. The van der Waals surface area contributed by atoms with Crippen LogP contribution in [0.15, 0.2) is 24.2 Å². The van der Waals surface area contributed by atoms with E-state index < -0.39 is 40.6 Å². The zero-order chi connectivity index (χ0) is 18.8. The zero-order valence-corrected chi connectivity index (χ0v) is 14.0. The fourth-order valence-corrected chi connectivity index (χ4v) is 1.66. The number of ether oxygens (including phenoxy) is 5. The Morgan fingerprint density at radius 2 is 1.88 bits per heavy atom. The Labute approximate surface area is 143 Å². The molecule has 138 valence electrons. The topological polar surface area (TPSA) is 80.3 Å². The molecule has 0 spiro atoms. The lowest BCUT2D eigenvalue weighted by molar-refractivity contribution is -0.138. The lowest BCUT2D eigenvalue weighted by atomic mass is 10.2. The van der Waals surface area contributed by atoms with Crippen molar-refractivity contribution in [2.45, 2.75) is 6.92 Å². The molecule has 0 bridgehead atoms. The summed E-state index contributed by atoms with van der Waals surface area (Å²) < 4.78 is 51.6. The molecular weight excluding hydrogens is 342 g/mol. The first kappa shape index (κ1) is 20.4. The van der Waals surface area contributed by atoms with Gasteiger partial charge >= 0.3 is 11.9 Å². The molecule has 0 unspecified atom stereocenters. The summed E-state index contributed by atoms with van der Waals surface area (Å²) in [6, 6.07) is 1.72. The Hall–Kier alpha value is -2.68. The average Bonchev–Trinajstić information content (AvgIpc) is 2.60. The van der Waals surface area contributed by atoms with E-state index in [-0.39, 0.29) is 13.2 Å². The maximum atomic E-state index is 14.1. The molecular formula is C16H18F2O7. The Morgan fingerprint density at radius 3 is 2.48 bits per heavy atom. The Morgan fingerprint density at radius 1 is 1.16 bits per heavy atom. The standard InChI is InChI=1S/C16H18F2O7/c1-4-23-7-8-24-16(20)13-11(6-5-10(17)14(13)18)25-12(9-21-2)15(19)22-3/h5-6,9H,4,7-8H2,1-3H3/b12-9+. The van der Waals surface area contributed by atoms with E-state index in [1.54, 1.807) is 6.92 Å². The third-order valence-electron chi connectivity index (χ3n) is 2.76. The fraction of sp³-hybridized carbons (Fsp3) is 0.375. The monoisotopic (exact) mass is 360 g/mol. The summed E-state index contributed by atoms with van der Waals surface area (Å²) in [4.78, 5) is 23.6. The summed E-state index contributed by atoms with van der Waals surface area (Å²) in [5, 5.41) is 0. The number of methoxy groups -OCH3 is 2. The van der Waals surface area contributed by atoms with Crippen molar-refractivity contribution in [1.29, 1.82) is 0 Å².